The summed E-state index contributed by atoms with van der Waals surface area (Å²) >= 11 is 7.57. The van der Waals surface area contributed by atoms with E-state index >= 15 is 0 Å². The minimum absolute atomic E-state index is 0.343. The number of amides is 1. The number of benzene rings is 1. The van der Waals surface area contributed by atoms with Gasteiger partial charge in [-0.2, -0.15) is 0 Å². The highest BCUT2D eigenvalue weighted by atomic mass is 35.5. The number of carbonyl (C=O) groups excluding carboxylic acids is 1. The molecule has 124 valence electrons. The molecular formula is C16H15ClN4O2S. The summed E-state index contributed by atoms with van der Waals surface area (Å²) in [6, 6.07) is 7.18. The van der Waals surface area contributed by atoms with E-state index in [9.17, 15) is 4.79 Å². The Hall–Kier alpha value is -2.25. The van der Waals surface area contributed by atoms with Crippen molar-refractivity contribution in [2.45, 2.75) is 26.7 Å². The summed E-state index contributed by atoms with van der Waals surface area (Å²) in [7, 11) is 0. The lowest BCUT2D eigenvalue weighted by Gasteiger charge is -2.04. The Labute approximate surface area is 147 Å². The summed E-state index contributed by atoms with van der Waals surface area (Å²) in [5.41, 5.74) is 1.40. The molecule has 1 aromatic carbocycles. The van der Waals surface area contributed by atoms with Gasteiger partial charge in [-0.15, -0.1) is 10.2 Å². The van der Waals surface area contributed by atoms with Crippen LogP contribution in [0.4, 0.5) is 5.13 Å². The summed E-state index contributed by atoms with van der Waals surface area (Å²) in [6.07, 6.45) is 1.81. The second-order valence-electron chi connectivity index (χ2n) is 5.15. The Bertz CT molecular complexity index is 875. The molecule has 0 spiro atoms. The van der Waals surface area contributed by atoms with E-state index in [2.05, 4.69) is 27.6 Å². The summed E-state index contributed by atoms with van der Waals surface area (Å²) < 4.78 is 5.21. The van der Waals surface area contributed by atoms with Crippen molar-refractivity contribution in [1.82, 2.24) is 15.4 Å². The van der Waals surface area contributed by atoms with Gasteiger partial charge >= 0.3 is 0 Å². The third-order valence-corrected chi connectivity index (χ3v) is 4.60. The molecule has 6 nitrogen and oxygen atoms in total. The zero-order valence-corrected chi connectivity index (χ0v) is 14.7. The molecule has 2 aromatic heterocycles. The Balaban J connectivity index is 1.90. The van der Waals surface area contributed by atoms with E-state index in [1.165, 1.54) is 11.3 Å². The molecular weight excluding hydrogens is 348 g/mol. The normalized spacial score (nSPS) is 10.8. The van der Waals surface area contributed by atoms with Gasteiger partial charge in [0.1, 0.15) is 22.0 Å². The molecule has 1 N–H and O–H groups in total. The van der Waals surface area contributed by atoms with E-state index in [-0.39, 0.29) is 5.91 Å². The molecule has 0 saturated carbocycles. The second-order valence-corrected chi connectivity index (χ2v) is 6.62. The molecule has 0 aliphatic carbocycles. The van der Waals surface area contributed by atoms with Crippen LogP contribution in [0.3, 0.4) is 0 Å². The first kappa shape index (κ1) is 16.6. The molecule has 0 atom stereocenters. The highest BCUT2D eigenvalue weighted by Crippen LogP contribution is 2.31. The number of nitrogens with one attached hydrogen (secondary N) is 1. The second kappa shape index (κ2) is 7.11. The third-order valence-electron chi connectivity index (χ3n) is 3.37. The molecule has 0 radical (unpaired) electrons. The molecule has 8 heteroatoms. The van der Waals surface area contributed by atoms with Crippen molar-refractivity contribution in [3.8, 4) is 11.3 Å². The van der Waals surface area contributed by atoms with Crippen LogP contribution in [0.5, 0.6) is 0 Å². The van der Waals surface area contributed by atoms with E-state index in [1.54, 1.807) is 19.1 Å². The van der Waals surface area contributed by atoms with Crippen molar-refractivity contribution in [3.05, 3.63) is 45.6 Å². The highest BCUT2D eigenvalue weighted by molar-refractivity contribution is 7.15. The Kier molecular flexibility index (Phi) is 4.92. The molecule has 0 unspecified atom stereocenters. The number of carbonyl (C=O) groups is 1. The third kappa shape index (κ3) is 3.32. The first-order valence-electron chi connectivity index (χ1n) is 7.45. The fraction of sp³-hybridized carbons (Fsp3) is 0.250. The highest BCUT2D eigenvalue weighted by Gasteiger charge is 2.23. The monoisotopic (exact) mass is 362 g/mol. The van der Waals surface area contributed by atoms with Gasteiger partial charge in [-0.1, -0.05) is 53.2 Å². The van der Waals surface area contributed by atoms with Crippen LogP contribution in [-0.2, 0) is 6.42 Å². The van der Waals surface area contributed by atoms with Crippen LogP contribution in [0.15, 0.2) is 28.8 Å². The Morgan fingerprint density at radius 3 is 2.88 bits per heavy atom. The van der Waals surface area contributed by atoms with E-state index < -0.39 is 0 Å². The molecule has 0 bridgehead atoms. The molecule has 2 heterocycles. The fourth-order valence-corrected chi connectivity index (χ4v) is 3.32. The van der Waals surface area contributed by atoms with Crippen LogP contribution < -0.4 is 5.32 Å². The zero-order valence-electron chi connectivity index (χ0n) is 13.2. The predicted molar refractivity (Wildman–Crippen MR) is 93.5 cm³/mol. The van der Waals surface area contributed by atoms with Gasteiger partial charge in [-0.25, -0.2) is 0 Å². The van der Waals surface area contributed by atoms with Gasteiger partial charge in [-0.05, 0) is 19.4 Å². The molecule has 0 aliphatic rings. The maximum absolute atomic E-state index is 12.7. The van der Waals surface area contributed by atoms with Gasteiger partial charge < -0.3 is 4.52 Å². The topological polar surface area (TPSA) is 80.9 Å². The Morgan fingerprint density at radius 1 is 1.33 bits per heavy atom. The maximum Gasteiger partial charge on any atom is 0.263 e. The van der Waals surface area contributed by atoms with Crippen LogP contribution in [0.1, 0.15) is 34.5 Å². The largest absolute Gasteiger partial charge is 0.360 e. The number of halogens is 1. The minimum atomic E-state index is -0.345. The van der Waals surface area contributed by atoms with Crippen molar-refractivity contribution >= 4 is 34.0 Å². The molecule has 3 aromatic rings. The van der Waals surface area contributed by atoms with E-state index in [0.717, 1.165) is 17.8 Å². The van der Waals surface area contributed by atoms with Crippen LogP contribution >= 0.6 is 22.9 Å². The number of hydrogen-bond acceptors (Lipinski definition) is 6. The Morgan fingerprint density at radius 2 is 2.12 bits per heavy atom. The van der Waals surface area contributed by atoms with Crippen molar-refractivity contribution in [2.24, 2.45) is 0 Å². The molecule has 3 rings (SSSR count). The number of aromatic nitrogens is 3. The van der Waals surface area contributed by atoms with Gasteiger partial charge in [0.25, 0.3) is 5.91 Å². The first-order valence-corrected chi connectivity index (χ1v) is 8.64. The molecule has 0 saturated heterocycles. The van der Waals surface area contributed by atoms with Gasteiger partial charge in [0.05, 0.1) is 5.02 Å². The van der Waals surface area contributed by atoms with Crippen LogP contribution in [0.25, 0.3) is 11.3 Å². The predicted octanol–water partition coefficient (Wildman–Crippen LogP) is 4.36. The standard InChI is InChI=1S/C16H15ClN4O2S/c1-3-6-12-19-20-16(24-12)18-15(22)13-9(2)23-21-14(13)10-7-4-5-8-11(10)17/h4-5,7-8H,3,6H2,1-2H3,(H,18,20,22). The smallest absolute Gasteiger partial charge is 0.263 e. The van der Waals surface area contributed by atoms with Gasteiger partial charge in [-0.3, -0.25) is 10.1 Å². The van der Waals surface area contributed by atoms with E-state index in [0.29, 0.717) is 32.7 Å². The number of rotatable bonds is 5. The summed E-state index contributed by atoms with van der Waals surface area (Å²) in [5, 5.41) is 16.6. The average molecular weight is 363 g/mol. The summed E-state index contributed by atoms with van der Waals surface area (Å²) in [5.74, 6) is 0.0728. The number of anilines is 1. The quantitative estimate of drug-likeness (QED) is 0.729. The number of nitrogens with zero attached hydrogens (tertiary/aromatic N) is 3. The van der Waals surface area contributed by atoms with E-state index in [1.807, 2.05) is 12.1 Å². The van der Waals surface area contributed by atoms with E-state index in [4.69, 9.17) is 16.1 Å². The number of aryl methyl sites for hydroxylation is 2. The lowest BCUT2D eigenvalue weighted by atomic mass is 10.1. The van der Waals surface area contributed by atoms with Crippen molar-refractivity contribution in [2.75, 3.05) is 5.32 Å². The average Bonchev–Trinajstić information content (AvgIpc) is 3.15. The van der Waals surface area contributed by atoms with Crippen molar-refractivity contribution < 1.29 is 9.32 Å². The maximum atomic E-state index is 12.7. The SMILES string of the molecule is CCCc1nnc(NC(=O)c2c(-c3ccccc3Cl)noc2C)s1. The minimum Gasteiger partial charge on any atom is -0.360 e. The summed E-state index contributed by atoms with van der Waals surface area (Å²) in [6.45, 7) is 3.75. The summed E-state index contributed by atoms with van der Waals surface area (Å²) in [4.78, 5) is 12.7. The molecule has 1 amide bonds. The lowest BCUT2D eigenvalue weighted by Crippen LogP contribution is -2.13. The lowest BCUT2D eigenvalue weighted by molar-refractivity contribution is 0.102. The van der Waals surface area contributed by atoms with Gasteiger partial charge in [0.15, 0.2) is 0 Å². The van der Waals surface area contributed by atoms with Crippen LogP contribution in [-0.4, -0.2) is 21.3 Å². The fourth-order valence-electron chi connectivity index (χ4n) is 2.26. The van der Waals surface area contributed by atoms with Gasteiger partial charge in [0.2, 0.25) is 5.13 Å². The molecule has 0 aliphatic heterocycles. The van der Waals surface area contributed by atoms with Gasteiger partial charge in [0, 0.05) is 12.0 Å². The molecule has 0 fully saturated rings. The molecule has 24 heavy (non-hydrogen) atoms. The van der Waals surface area contributed by atoms with Crippen LogP contribution in [0.2, 0.25) is 5.02 Å². The van der Waals surface area contributed by atoms with Crippen molar-refractivity contribution in [1.29, 1.82) is 0 Å². The zero-order chi connectivity index (χ0) is 17.1. The van der Waals surface area contributed by atoms with Crippen LogP contribution in [0, 0.1) is 6.92 Å². The van der Waals surface area contributed by atoms with Crippen molar-refractivity contribution in [3.63, 3.8) is 0 Å². The first-order chi connectivity index (χ1) is 11.6. The number of hydrogen-bond donors (Lipinski definition) is 1.